The van der Waals surface area contributed by atoms with Crippen molar-refractivity contribution in [1.82, 2.24) is 34.8 Å². The molecule has 2 saturated heterocycles. The molecule has 196 valence electrons. The predicted molar refractivity (Wildman–Crippen MR) is 126 cm³/mol. The van der Waals surface area contributed by atoms with Gasteiger partial charge in [-0.15, -0.1) is 5.10 Å². The molecule has 1 atom stereocenters. The largest absolute Gasteiger partial charge is 0.446 e. The number of aromatic nitrogens is 5. The number of rotatable bonds is 5. The molecule has 4 rings (SSSR count). The number of hydrogen-bond donors (Lipinski definition) is 2. The van der Waals surface area contributed by atoms with E-state index in [0.717, 1.165) is 30.8 Å². The number of hydrogen-bond acceptors (Lipinski definition) is 9. The molecule has 0 unspecified atom stereocenters. The van der Waals surface area contributed by atoms with Gasteiger partial charge in [0.25, 0.3) is 5.92 Å². The highest BCUT2D eigenvalue weighted by atomic mass is 19.3. The van der Waals surface area contributed by atoms with E-state index in [-0.39, 0.29) is 36.8 Å². The first kappa shape index (κ1) is 25.5. The van der Waals surface area contributed by atoms with Crippen LogP contribution in [0.1, 0.15) is 19.3 Å². The smallest absolute Gasteiger partial charge is 0.413 e. The van der Waals surface area contributed by atoms with E-state index in [1.807, 2.05) is 7.05 Å². The van der Waals surface area contributed by atoms with Crippen LogP contribution in [0, 0.1) is 0 Å². The van der Waals surface area contributed by atoms with Gasteiger partial charge in [0.05, 0.1) is 6.20 Å². The van der Waals surface area contributed by atoms with E-state index in [0.29, 0.717) is 0 Å². The quantitative estimate of drug-likeness (QED) is 0.618. The van der Waals surface area contributed by atoms with Crippen molar-refractivity contribution in [2.75, 3.05) is 55.8 Å². The summed E-state index contributed by atoms with van der Waals surface area (Å²) in [4.78, 5) is 38.1. The molecule has 3 amide bonds. The molecule has 13 nitrogen and oxygen atoms in total. The summed E-state index contributed by atoms with van der Waals surface area (Å²) < 4.78 is 36.5. The van der Waals surface area contributed by atoms with Crippen molar-refractivity contribution in [1.29, 1.82) is 0 Å². The Bertz CT molecular complexity index is 1080. The molecule has 2 aromatic heterocycles. The lowest BCUT2D eigenvalue weighted by Gasteiger charge is -2.42. The number of alkyl halides is 2. The highest BCUT2D eigenvalue weighted by Gasteiger charge is 2.48. The van der Waals surface area contributed by atoms with E-state index in [1.54, 1.807) is 11.9 Å². The van der Waals surface area contributed by atoms with E-state index < -0.39 is 30.5 Å². The van der Waals surface area contributed by atoms with Gasteiger partial charge in [0.1, 0.15) is 18.0 Å². The molecule has 2 aliphatic heterocycles. The topological polar surface area (TPSA) is 134 Å². The summed E-state index contributed by atoms with van der Waals surface area (Å²) in [7, 11) is 4.93. The predicted octanol–water partition coefficient (Wildman–Crippen LogP) is 1.63. The van der Waals surface area contributed by atoms with Gasteiger partial charge >= 0.3 is 12.1 Å². The Morgan fingerprint density at radius 3 is 2.61 bits per heavy atom. The highest BCUT2D eigenvalue weighted by molar-refractivity contribution is 5.88. The molecule has 0 aromatic carbocycles. The minimum atomic E-state index is -3.13. The number of aryl methyl sites for hydroxylation is 1. The first-order valence-electron chi connectivity index (χ1n) is 11.6. The molecule has 15 heteroatoms. The van der Waals surface area contributed by atoms with Crippen LogP contribution in [0.4, 0.5) is 36.0 Å². The highest BCUT2D eigenvalue weighted by Crippen LogP contribution is 2.33. The minimum absolute atomic E-state index is 0.0212. The van der Waals surface area contributed by atoms with Crippen LogP contribution in [0.5, 0.6) is 0 Å². The normalized spacial score (nSPS) is 20.6. The van der Waals surface area contributed by atoms with Crippen LogP contribution in [-0.2, 0) is 11.8 Å². The zero-order chi connectivity index (χ0) is 25.9. The summed E-state index contributed by atoms with van der Waals surface area (Å²) in [6.07, 6.45) is 3.09. The van der Waals surface area contributed by atoms with Gasteiger partial charge < -0.3 is 19.4 Å². The molecule has 2 fully saturated rings. The van der Waals surface area contributed by atoms with E-state index in [2.05, 4.69) is 35.8 Å². The summed E-state index contributed by atoms with van der Waals surface area (Å²) >= 11 is 0. The number of piperidine rings is 2. The number of urea groups is 1. The molecule has 2 aliphatic rings. The molecule has 0 radical (unpaired) electrons. The lowest BCUT2D eigenvalue weighted by molar-refractivity contribution is -0.0760. The van der Waals surface area contributed by atoms with Crippen molar-refractivity contribution in [3.8, 4) is 0 Å². The molecular weight excluding hydrogens is 478 g/mol. The second-order valence-corrected chi connectivity index (χ2v) is 9.07. The molecule has 0 spiro atoms. The number of amides is 3. The van der Waals surface area contributed by atoms with Crippen molar-refractivity contribution < 1.29 is 23.1 Å². The minimum Gasteiger partial charge on any atom is -0.446 e. The zero-order valence-corrected chi connectivity index (χ0v) is 20.4. The molecule has 2 N–H and O–H groups in total. The number of carbonyl (C=O) groups is 2. The molecule has 2 aromatic rings. The summed E-state index contributed by atoms with van der Waals surface area (Å²) in [6.45, 7) is 1.47. The van der Waals surface area contributed by atoms with Crippen molar-refractivity contribution >= 4 is 29.7 Å². The van der Waals surface area contributed by atoms with E-state index in [1.165, 1.54) is 30.2 Å². The summed E-state index contributed by atoms with van der Waals surface area (Å²) in [5.74, 6) is -2.62. The van der Waals surface area contributed by atoms with Crippen molar-refractivity contribution in [2.45, 2.75) is 37.3 Å². The molecule has 0 saturated carbocycles. The molecule has 0 bridgehead atoms. The fourth-order valence-corrected chi connectivity index (χ4v) is 4.17. The Balaban J connectivity index is 1.39. The van der Waals surface area contributed by atoms with E-state index >= 15 is 0 Å². The van der Waals surface area contributed by atoms with Gasteiger partial charge in [0.15, 0.2) is 5.82 Å². The summed E-state index contributed by atoms with van der Waals surface area (Å²) in [5, 5.41) is 12.5. The van der Waals surface area contributed by atoms with Crippen molar-refractivity contribution in [3.63, 3.8) is 0 Å². The van der Waals surface area contributed by atoms with Gasteiger partial charge in [0, 0.05) is 52.9 Å². The second kappa shape index (κ2) is 10.6. The zero-order valence-electron chi connectivity index (χ0n) is 20.4. The van der Waals surface area contributed by atoms with Crippen LogP contribution >= 0.6 is 0 Å². The van der Waals surface area contributed by atoms with Crippen LogP contribution in [0.15, 0.2) is 18.5 Å². The monoisotopic (exact) mass is 508 g/mol. The number of anilines is 3. The maximum absolute atomic E-state index is 14.8. The fourth-order valence-electron chi connectivity index (χ4n) is 4.17. The summed E-state index contributed by atoms with van der Waals surface area (Å²) in [5.41, 5.74) is 0. The Morgan fingerprint density at radius 1 is 1.17 bits per heavy atom. The molecule has 0 aliphatic carbocycles. The number of ether oxygens (including phenoxy) is 1. The Labute approximate surface area is 206 Å². The van der Waals surface area contributed by atoms with Gasteiger partial charge in [-0.05, 0) is 26.0 Å². The van der Waals surface area contributed by atoms with Crippen molar-refractivity contribution in [2.24, 2.45) is 7.05 Å². The molecule has 4 heterocycles. The van der Waals surface area contributed by atoms with Gasteiger partial charge in [0.2, 0.25) is 5.95 Å². The van der Waals surface area contributed by atoms with Crippen LogP contribution in [0.2, 0.25) is 0 Å². The maximum atomic E-state index is 14.8. The lowest BCUT2D eigenvalue weighted by Crippen LogP contribution is -2.60. The second-order valence-electron chi connectivity index (χ2n) is 9.07. The number of halogens is 2. The third-order valence-electron chi connectivity index (χ3n) is 6.32. The number of likely N-dealkylation sites (tertiary alicyclic amines) is 1. The Kier molecular flexibility index (Phi) is 7.47. The number of carbonyl (C=O) groups excluding carboxylic acids is 2. The number of nitrogens with zero attached hydrogens (tertiary/aromatic N) is 8. The average Bonchev–Trinajstić information content (AvgIpc) is 3.24. The third kappa shape index (κ3) is 6.13. The summed E-state index contributed by atoms with van der Waals surface area (Å²) in [6, 6.07) is -0.692. The van der Waals surface area contributed by atoms with Gasteiger partial charge in [-0.3, -0.25) is 15.3 Å². The average molecular weight is 509 g/mol. The Morgan fingerprint density at radius 2 is 1.92 bits per heavy atom. The van der Waals surface area contributed by atoms with Crippen LogP contribution in [0.3, 0.4) is 0 Å². The first-order chi connectivity index (χ1) is 17.1. The first-order valence-corrected chi connectivity index (χ1v) is 11.6. The van der Waals surface area contributed by atoms with Crippen LogP contribution < -0.4 is 15.5 Å². The van der Waals surface area contributed by atoms with Gasteiger partial charge in [-0.25, -0.2) is 23.4 Å². The standard InChI is InChI=1S/C21H30F2N10O3/c1-30-9-5-14(6-10-30)36-20(35)27-16-4-8-24-18(25-16)33-11-7-21(22,23)15(12-33)32(3)19(34)26-17-13-31(2)29-28-17/h4,8,13-15H,5-7,9-12H2,1-3H3,(H,26,34)(H,24,25,27,35)/t15-/m0/s1. The molecular formula is C21H30F2N10O3. The van der Waals surface area contributed by atoms with Crippen LogP contribution in [-0.4, -0.2) is 105 Å². The number of nitrogens with one attached hydrogen (secondary N) is 2. The van der Waals surface area contributed by atoms with Gasteiger partial charge in [-0.1, -0.05) is 5.21 Å². The van der Waals surface area contributed by atoms with Crippen LogP contribution in [0.25, 0.3) is 0 Å². The third-order valence-corrected chi connectivity index (χ3v) is 6.32. The maximum Gasteiger partial charge on any atom is 0.413 e. The number of likely N-dealkylation sites (N-methyl/N-ethyl adjacent to an activating group) is 1. The Hall–Kier alpha value is -3.62. The van der Waals surface area contributed by atoms with E-state index in [4.69, 9.17) is 4.74 Å². The lowest BCUT2D eigenvalue weighted by atomic mass is 10.00. The SMILES string of the molecule is CN1CCC(OC(=O)Nc2ccnc(N3CCC(F)(F)[C@@H](N(C)C(=O)Nc4cn(C)nn4)C3)n2)CC1. The fraction of sp³-hybridized carbons (Fsp3) is 0.619. The van der Waals surface area contributed by atoms with Gasteiger partial charge in [-0.2, -0.15) is 4.98 Å². The molecule has 36 heavy (non-hydrogen) atoms. The van der Waals surface area contributed by atoms with Crippen molar-refractivity contribution in [3.05, 3.63) is 18.5 Å². The van der Waals surface area contributed by atoms with E-state index in [9.17, 15) is 18.4 Å².